The Kier molecular flexibility index (Phi) is 5.14. The van der Waals surface area contributed by atoms with Crippen molar-refractivity contribution >= 4 is 24.4 Å². The predicted octanol–water partition coefficient (Wildman–Crippen LogP) is 4.63. The SMILES string of the molecule is Fc1ccccc1SCC(CS)c1ccccc1. The smallest absolute Gasteiger partial charge is 0.136 e. The van der Waals surface area contributed by atoms with Gasteiger partial charge in [-0.3, -0.25) is 0 Å². The maximum Gasteiger partial charge on any atom is 0.136 e. The first-order valence-corrected chi connectivity index (χ1v) is 7.46. The fourth-order valence-corrected chi connectivity index (χ4v) is 3.32. The molecule has 2 aromatic carbocycles. The van der Waals surface area contributed by atoms with Gasteiger partial charge in [0.15, 0.2) is 0 Å². The number of thiol groups is 1. The molecule has 2 rings (SSSR count). The molecule has 0 saturated carbocycles. The molecule has 0 nitrogen and oxygen atoms in total. The zero-order chi connectivity index (χ0) is 12.8. The molecule has 0 amide bonds. The van der Waals surface area contributed by atoms with Crippen LogP contribution in [0.15, 0.2) is 59.5 Å². The molecule has 0 radical (unpaired) electrons. The molecule has 3 heteroatoms. The first kappa shape index (κ1) is 13.5. The lowest BCUT2D eigenvalue weighted by Gasteiger charge is -2.14. The van der Waals surface area contributed by atoms with Crippen LogP contribution in [-0.4, -0.2) is 11.5 Å². The monoisotopic (exact) mass is 278 g/mol. The van der Waals surface area contributed by atoms with Crippen molar-refractivity contribution in [2.75, 3.05) is 11.5 Å². The van der Waals surface area contributed by atoms with E-state index in [1.54, 1.807) is 17.8 Å². The number of halogens is 1. The fourth-order valence-electron chi connectivity index (χ4n) is 1.73. The second-order valence-electron chi connectivity index (χ2n) is 4.03. The molecular formula is C15H15FS2. The molecule has 0 spiro atoms. The van der Waals surface area contributed by atoms with Crippen LogP contribution < -0.4 is 0 Å². The lowest BCUT2D eigenvalue weighted by Crippen LogP contribution is -2.03. The van der Waals surface area contributed by atoms with E-state index in [9.17, 15) is 4.39 Å². The molecule has 0 bridgehead atoms. The van der Waals surface area contributed by atoms with Gasteiger partial charge in [-0.05, 0) is 23.4 Å². The van der Waals surface area contributed by atoms with E-state index in [2.05, 4.69) is 24.8 Å². The van der Waals surface area contributed by atoms with Gasteiger partial charge < -0.3 is 0 Å². The van der Waals surface area contributed by atoms with E-state index in [0.717, 1.165) is 11.5 Å². The second kappa shape index (κ2) is 6.86. The van der Waals surface area contributed by atoms with Crippen molar-refractivity contribution in [2.24, 2.45) is 0 Å². The minimum atomic E-state index is -0.145. The molecule has 1 unspecified atom stereocenters. The third-order valence-electron chi connectivity index (χ3n) is 2.77. The van der Waals surface area contributed by atoms with E-state index in [4.69, 9.17) is 0 Å². The van der Waals surface area contributed by atoms with E-state index in [0.29, 0.717) is 10.8 Å². The molecule has 2 aromatic rings. The van der Waals surface area contributed by atoms with Gasteiger partial charge in [0.25, 0.3) is 0 Å². The average molecular weight is 278 g/mol. The normalized spacial score (nSPS) is 12.3. The summed E-state index contributed by atoms with van der Waals surface area (Å²) in [4.78, 5) is 0.709. The van der Waals surface area contributed by atoms with Crippen molar-refractivity contribution in [3.8, 4) is 0 Å². The Hall–Kier alpha value is -0.930. The predicted molar refractivity (Wildman–Crippen MR) is 80.2 cm³/mol. The van der Waals surface area contributed by atoms with Gasteiger partial charge in [0.05, 0.1) is 0 Å². The largest absolute Gasteiger partial charge is 0.206 e. The highest BCUT2D eigenvalue weighted by Gasteiger charge is 2.11. The first-order valence-electron chi connectivity index (χ1n) is 5.84. The zero-order valence-electron chi connectivity index (χ0n) is 9.92. The van der Waals surface area contributed by atoms with Gasteiger partial charge >= 0.3 is 0 Å². The Morgan fingerprint density at radius 1 is 1.00 bits per heavy atom. The van der Waals surface area contributed by atoms with Crippen LogP contribution in [0.1, 0.15) is 11.5 Å². The first-order chi connectivity index (χ1) is 8.81. The third-order valence-corrected chi connectivity index (χ3v) is 4.42. The van der Waals surface area contributed by atoms with Crippen LogP contribution >= 0.6 is 24.4 Å². The number of benzene rings is 2. The average Bonchev–Trinajstić information content (AvgIpc) is 2.42. The third kappa shape index (κ3) is 3.53. The van der Waals surface area contributed by atoms with Crippen LogP contribution in [0.5, 0.6) is 0 Å². The van der Waals surface area contributed by atoms with Crippen LogP contribution in [0.2, 0.25) is 0 Å². The maximum atomic E-state index is 13.5. The van der Waals surface area contributed by atoms with Crippen molar-refractivity contribution in [2.45, 2.75) is 10.8 Å². The summed E-state index contributed by atoms with van der Waals surface area (Å²) in [6.45, 7) is 0. The fraction of sp³-hybridized carbons (Fsp3) is 0.200. The molecule has 0 saturated heterocycles. The van der Waals surface area contributed by atoms with Gasteiger partial charge in [-0.25, -0.2) is 4.39 Å². The highest BCUT2D eigenvalue weighted by atomic mass is 32.2. The van der Waals surface area contributed by atoms with Gasteiger partial charge in [-0.1, -0.05) is 42.5 Å². The minimum Gasteiger partial charge on any atom is -0.206 e. The van der Waals surface area contributed by atoms with Crippen LogP contribution in [0.4, 0.5) is 4.39 Å². The summed E-state index contributed by atoms with van der Waals surface area (Å²) in [5.41, 5.74) is 1.26. The second-order valence-corrected chi connectivity index (χ2v) is 5.46. The van der Waals surface area contributed by atoms with Crippen LogP contribution in [0.3, 0.4) is 0 Å². The zero-order valence-corrected chi connectivity index (χ0v) is 11.6. The van der Waals surface area contributed by atoms with Gasteiger partial charge in [0.1, 0.15) is 5.82 Å². The number of rotatable bonds is 5. The molecular weight excluding hydrogens is 263 g/mol. The Bertz CT molecular complexity index is 485. The maximum absolute atomic E-state index is 13.5. The van der Waals surface area contributed by atoms with Crippen LogP contribution in [0, 0.1) is 5.82 Å². The summed E-state index contributed by atoms with van der Waals surface area (Å²) in [7, 11) is 0. The Labute approximate surface area is 117 Å². The van der Waals surface area contributed by atoms with Gasteiger partial charge in [-0.2, -0.15) is 12.6 Å². The summed E-state index contributed by atoms with van der Waals surface area (Å²) in [5, 5.41) is 0. The van der Waals surface area contributed by atoms with E-state index in [-0.39, 0.29) is 5.82 Å². The molecule has 1 atom stereocenters. The van der Waals surface area contributed by atoms with E-state index in [1.165, 1.54) is 11.6 Å². The number of hydrogen-bond acceptors (Lipinski definition) is 2. The lowest BCUT2D eigenvalue weighted by molar-refractivity contribution is 0.602. The van der Waals surface area contributed by atoms with E-state index >= 15 is 0 Å². The summed E-state index contributed by atoms with van der Waals surface area (Å²) < 4.78 is 13.5. The summed E-state index contributed by atoms with van der Waals surface area (Å²) in [6, 6.07) is 17.2. The topological polar surface area (TPSA) is 0 Å². The lowest BCUT2D eigenvalue weighted by atomic mass is 10.0. The minimum absolute atomic E-state index is 0.145. The number of hydrogen-bond donors (Lipinski definition) is 1. The summed E-state index contributed by atoms with van der Waals surface area (Å²) in [5.74, 6) is 1.81. The molecule has 0 aromatic heterocycles. The Balaban J connectivity index is 2.02. The molecule has 0 aliphatic rings. The highest BCUT2D eigenvalue weighted by Crippen LogP contribution is 2.28. The Morgan fingerprint density at radius 2 is 1.67 bits per heavy atom. The van der Waals surface area contributed by atoms with Crippen LogP contribution in [-0.2, 0) is 0 Å². The van der Waals surface area contributed by atoms with E-state index < -0.39 is 0 Å². The summed E-state index contributed by atoms with van der Waals surface area (Å²) in [6.07, 6.45) is 0. The molecule has 94 valence electrons. The van der Waals surface area contributed by atoms with Crippen molar-refractivity contribution < 1.29 is 4.39 Å². The van der Waals surface area contributed by atoms with Gasteiger partial charge in [0, 0.05) is 16.6 Å². The Morgan fingerprint density at radius 3 is 2.33 bits per heavy atom. The molecule has 0 fully saturated rings. The van der Waals surface area contributed by atoms with Crippen molar-refractivity contribution in [3.05, 3.63) is 66.0 Å². The van der Waals surface area contributed by atoms with Gasteiger partial charge in [-0.15, -0.1) is 11.8 Å². The van der Waals surface area contributed by atoms with Crippen molar-refractivity contribution in [3.63, 3.8) is 0 Å². The standard InChI is InChI=1S/C15H15FS2/c16-14-8-4-5-9-15(14)18-11-13(10-17)12-6-2-1-3-7-12/h1-9,13,17H,10-11H2. The van der Waals surface area contributed by atoms with E-state index in [1.807, 2.05) is 30.3 Å². The summed E-state index contributed by atoms with van der Waals surface area (Å²) >= 11 is 5.94. The molecule has 0 aliphatic carbocycles. The van der Waals surface area contributed by atoms with Crippen molar-refractivity contribution in [1.29, 1.82) is 0 Å². The molecule has 0 aliphatic heterocycles. The van der Waals surface area contributed by atoms with Crippen molar-refractivity contribution in [1.82, 2.24) is 0 Å². The van der Waals surface area contributed by atoms with Gasteiger partial charge in [0.2, 0.25) is 0 Å². The highest BCUT2D eigenvalue weighted by molar-refractivity contribution is 7.99. The van der Waals surface area contributed by atoms with Crippen LogP contribution in [0.25, 0.3) is 0 Å². The number of thioether (sulfide) groups is 1. The molecule has 0 heterocycles. The quantitative estimate of drug-likeness (QED) is 0.614. The molecule has 18 heavy (non-hydrogen) atoms. The molecule has 0 N–H and O–H groups in total.